The van der Waals surface area contributed by atoms with Crippen LogP contribution in [0, 0.1) is 0 Å². The maximum absolute atomic E-state index is 12.4. The van der Waals surface area contributed by atoms with E-state index < -0.39 is 15.9 Å². The van der Waals surface area contributed by atoms with Crippen LogP contribution in [-0.4, -0.2) is 19.4 Å². The van der Waals surface area contributed by atoms with Gasteiger partial charge in [-0.15, -0.1) is 0 Å². The highest BCUT2D eigenvalue weighted by atomic mass is 35.5. The first kappa shape index (κ1) is 20.8. The lowest BCUT2D eigenvalue weighted by Crippen LogP contribution is -2.34. The van der Waals surface area contributed by atoms with Gasteiger partial charge < -0.3 is 5.32 Å². The third-order valence-corrected chi connectivity index (χ3v) is 5.72. The van der Waals surface area contributed by atoms with E-state index >= 15 is 0 Å². The molecule has 3 N–H and O–H groups in total. The minimum Gasteiger partial charge on any atom is -0.332 e. The predicted octanol–water partition coefficient (Wildman–Crippen LogP) is 4.27. The molecule has 0 unspecified atom stereocenters. The Hall–Kier alpha value is -2.94. The summed E-state index contributed by atoms with van der Waals surface area (Å²) in [4.78, 5) is 12.3. The molecule has 148 valence electrons. The number of amides is 1. The topological polar surface area (TPSA) is 87.3 Å². The molecule has 1 amide bonds. The molecule has 0 atom stereocenters. The van der Waals surface area contributed by atoms with Gasteiger partial charge in [0.15, 0.2) is 5.11 Å². The maximum atomic E-state index is 12.4. The lowest BCUT2D eigenvalue weighted by molar-refractivity contribution is 0.0978. The number of thiocarbonyl (C=S) groups is 1. The molecule has 3 rings (SSSR count). The van der Waals surface area contributed by atoms with Gasteiger partial charge in [0.2, 0.25) is 0 Å². The number of carbonyl (C=O) groups excluding carboxylic acids is 1. The van der Waals surface area contributed by atoms with E-state index in [1.807, 2.05) is 0 Å². The molecular formula is C20H16ClN3O3S2. The van der Waals surface area contributed by atoms with Crippen molar-refractivity contribution in [3.05, 3.63) is 89.4 Å². The number of rotatable bonds is 5. The molecule has 0 saturated heterocycles. The summed E-state index contributed by atoms with van der Waals surface area (Å²) in [6.07, 6.45) is 0. The van der Waals surface area contributed by atoms with Crippen LogP contribution in [0.25, 0.3) is 0 Å². The third kappa shape index (κ3) is 5.54. The van der Waals surface area contributed by atoms with Crippen molar-refractivity contribution in [3.8, 4) is 0 Å². The van der Waals surface area contributed by atoms with E-state index in [4.69, 9.17) is 23.8 Å². The van der Waals surface area contributed by atoms with Gasteiger partial charge in [0.05, 0.1) is 15.5 Å². The lowest BCUT2D eigenvalue weighted by atomic mass is 10.2. The van der Waals surface area contributed by atoms with Crippen LogP contribution < -0.4 is 15.4 Å². The largest absolute Gasteiger partial charge is 0.332 e. The van der Waals surface area contributed by atoms with Crippen LogP contribution in [0.5, 0.6) is 0 Å². The molecule has 0 fully saturated rings. The number of hydrogen-bond donors (Lipinski definition) is 3. The molecule has 0 saturated carbocycles. The van der Waals surface area contributed by atoms with Gasteiger partial charge in [-0.25, -0.2) is 8.42 Å². The minimum atomic E-state index is -3.71. The number of carbonyl (C=O) groups is 1. The Balaban J connectivity index is 1.63. The SMILES string of the molecule is O=C(NC(=S)Nc1ccc(S(=O)(=O)Nc2ccccc2)cc1)c1ccccc1Cl. The zero-order chi connectivity index (χ0) is 20.9. The number of anilines is 2. The second kappa shape index (κ2) is 9.04. The normalized spacial score (nSPS) is 10.8. The summed E-state index contributed by atoms with van der Waals surface area (Å²) < 4.78 is 27.4. The van der Waals surface area contributed by atoms with Crippen molar-refractivity contribution in [3.63, 3.8) is 0 Å². The monoisotopic (exact) mass is 445 g/mol. The van der Waals surface area contributed by atoms with Crippen molar-refractivity contribution in [2.45, 2.75) is 4.90 Å². The summed E-state index contributed by atoms with van der Waals surface area (Å²) in [5, 5.41) is 5.74. The number of benzene rings is 3. The highest BCUT2D eigenvalue weighted by Gasteiger charge is 2.15. The van der Waals surface area contributed by atoms with Crippen LogP contribution in [0.3, 0.4) is 0 Å². The maximum Gasteiger partial charge on any atom is 0.261 e. The molecule has 3 aromatic rings. The van der Waals surface area contributed by atoms with Gasteiger partial charge in [0.25, 0.3) is 15.9 Å². The number of para-hydroxylation sites is 1. The number of halogens is 1. The van der Waals surface area contributed by atoms with Crippen LogP contribution in [0.1, 0.15) is 10.4 Å². The summed E-state index contributed by atoms with van der Waals surface area (Å²) in [5.41, 5.74) is 1.29. The first-order valence-electron chi connectivity index (χ1n) is 8.40. The van der Waals surface area contributed by atoms with Gasteiger partial charge in [-0.2, -0.15) is 0 Å². The van der Waals surface area contributed by atoms with E-state index in [9.17, 15) is 13.2 Å². The van der Waals surface area contributed by atoms with Crippen molar-refractivity contribution in [1.29, 1.82) is 0 Å². The van der Waals surface area contributed by atoms with Crippen LogP contribution in [0.4, 0.5) is 11.4 Å². The van der Waals surface area contributed by atoms with E-state index in [0.717, 1.165) is 0 Å². The molecule has 0 heterocycles. The van der Waals surface area contributed by atoms with Crippen LogP contribution in [0.2, 0.25) is 5.02 Å². The molecule has 6 nitrogen and oxygen atoms in total. The van der Waals surface area contributed by atoms with Crippen molar-refractivity contribution in [2.75, 3.05) is 10.0 Å². The Morgan fingerprint density at radius 1 is 0.828 bits per heavy atom. The first-order valence-corrected chi connectivity index (χ1v) is 10.7. The summed E-state index contributed by atoms with van der Waals surface area (Å²) in [6.45, 7) is 0. The number of nitrogens with one attached hydrogen (secondary N) is 3. The highest BCUT2D eigenvalue weighted by molar-refractivity contribution is 7.92. The zero-order valence-corrected chi connectivity index (χ0v) is 17.3. The summed E-state index contributed by atoms with van der Waals surface area (Å²) in [6, 6.07) is 21.2. The molecule has 0 radical (unpaired) electrons. The molecule has 0 bridgehead atoms. The molecule has 0 aliphatic heterocycles. The van der Waals surface area contributed by atoms with E-state index in [-0.39, 0.29) is 10.0 Å². The van der Waals surface area contributed by atoms with E-state index in [1.165, 1.54) is 12.1 Å². The Labute approximate surface area is 179 Å². The van der Waals surface area contributed by atoms with Crippen LogP contribution >= 0.6 is 23.8 Å². The first-order chi connectivity index (χ1) is 13.8. The predicted molar refractivity (Wildman–Crippen MR) is 119 cm³/mol. The van der Waals surface area contributed by atoms with Crippen LogP contribution in [0.15, 0.2) is 83.8 Å². The molecule has 0 aliphatic carbocycles. The van der Waals surface area contributed by atoms with Crippen molar-refractivity contribution in [2.24, 2.45) is 0 Å². The zero-order valence-electron chi connectivity index (χ0n) is 14.9. The molecule has 0 spiro atoms. The fraction of sp³-hybridized carbons (Fsp3) is 0. The van der Waals surface area contributed by atoms with E-state index in [1.54, 1.807) is 66.7 Å². The number of sulfonamides is 1. The summed E-state index contributed by atoms with van der Waals surface area (Å²) >= 11 is 11.1. The smallest absolute Gasteiger partial charge is 0.261 e. The van der Waals surface area contributed by atoms with E-state index in [2.05, 4.69) is 15.4 Å². The van der Waals surface area contributed by atoms with Crippen molar-refractivity contribution in [1.82, 2.24) is 5.32 Å². The van der Waals surface area contributed by atoms with Gasteiger partial charge in [-0.05, 0) is 60.7 Å². The second-order valence-corrected chi connectivity index (χ2v) is 8.38. The Morgan fingerprint density at radius 3 is 2.10 bits per heavy atom. The minimum absolute atomic E-state index is 0.0629. The van der Waals surface area contributed by atoms with Gasteiger partial charge in [-0.1, -0.05) is 41.9 Å². The van der Waals surface area contributed by atoms with Crippen molar-refractivity contribution >= 4 is 56.2 Å². The van der Waals surface area contributed by atoms with E-state index in [0.29, 0.717) is 22.0 Å². The molecular weight excluding hydrogens is 430 g/mol. The van der Waals surface area contributed by atoms with Crippen LogP contribution in [-0.2, 0) is 10.0 Å². The standard InChI is InChI=1S/C20H16ClN3O3S2/c21-18-9-5-4-8-17(18)19(25)23-20(28)22-14-10-12-16(13-11-14)29(26,27)24-15-6-2-1-3-7-15/h1-13,24H,(H2,22,23,25,28). The number of hydrogen-bond acceptors (Lipinski definition) is 4. The lowest BCUT2D eigenvalue weighted by Gasteiger charge is -2.11. The Bertz CT molecular complexity index is 1140. The summed E-state index contributed by atoms with van der Waals surface area (Å²) in [5.74, 6) is -0.445. The summed E-state index contributed by atoms with van der Waals surface area (Å²) in [7, 11) is -3.71. The average molecular weight is 446 g/mol. The second-order valence-electron chi connectivity index (χ2n) is 5.88. The van der Waals surface area contributed by atoms with Gasteiger partial charge >= 0.3 is 0 Å². The van der Waals surface area contributed by atoms with Gasteiger partial charge in [-0.3, -0.25) is 14.8 Å². The molecule has 0 aromatic heterocycles. The highest BCUT2D eigenvalue weighted by Crippen LogP contribution is 2.18. The fourth-order valence-corrected chi connectivity index (χ4v) is 3.91. The quantitative estimate of drug-likeness (QED) is 0.510. The van der Waals surface area contributed by atoms with Crippen molar-refractivity contribution < 1.29 is 13.2 Å². The molecule has 9 heteroatoms. The molecule has 0 aliphatic rings. The van der Waals surface area contributed by atoms with Gasteiger partial charge in [0, 0.05) is 11.4 Å². The molecule has 29 heavy (non-hydrogen) atoms. The average Bonchev–Trinajstić information content (AvgIpc) is 2.69. The molecule has 3 aromatic carbocycles. The third-order valence-electron chi connectivity index (χ3n) is 3.79. The van der Waals surface area contributed by atoms with Gasteiger partial charge in [0.1, 0.15) is 0 Å². The Morgan fingerprint density at radius 2 is 1.45 bits per heavy atom. The Kier molecular flexibility index (Phi) is 6.48. The fourth-order valence-electron chi connectivity index (χ4n) is 2.42.